The SMILES string of the molecule is Cc1ccc(-c2cn(C)nc2-c2cn(C)c(=O)c3[nH]c(C(=O)Nc4cn[nH]c4)cc23)cc1. The smallest absolute Gasteiger partial charge is 0.274 e. The highest BCUT2D eigenvalue weighted by atomic mass is 16.2. The lowest BCUT2D eigenvalue weighted by Gasteiger charge is -2.07. The molecule has 160 valence electrons. The van der Waals surface area contributed by atoms with E-state index in [9.17, 15) is 9.59 Å². The Hall–Kier alpha value is -4.40. The number of hydrogen-bond donors (Lipinski definition) is 3. The van der Waals surface area contributed by atoms with E-state index in [2.05, 4.69) is 49.9 Å². The Balaban J connectivity index is 1.68. The quantitative estimate of drug-likeness (QED) is 0.409. The molecule has 0 unspecified atom stereocenters. The summed E-state index contributed by atoms with van der Waals surface area (Å²) in [4.78, 5) is 28.5. The van der Waals surface area contributed by atoms with Gasteiger partial charge in [-0.05, 0) is 18.6 Å². The molecule has 0 bridgehead atoms. The number of carbonyl (C=O) groups excluding carboxylic acids is 1. The fourth-order valence-electron chi connectivity index (χ4n) is 3.79. The first-order valence-corrected chi connectivity index (χ1v) is 10.0. The van der Waals surface area contributed by atoms with Crippen molar-refractivity contribution in [3.05, 3.63) is 76.7 Å². The fraction of sp³-hybridized carbons (Fsp3) is 0.130. The third-order valence-corrected chi connectivity index (χ3v) is 5.41. The third kappa shape index (κ3) is 3.29. The minimum absolute atomic E-state index is 0.223. The van der Waals surface area contributed by atoms with Crippen molar-refractivity contribution < 1.29 is 4.79 Å². The van der Waals surface area contributed by atoms with Gasteiger partial charge in [-0.2, -0.15) is 10.2 Å². The number of benzene rings is 1. The van der Waals surface area contributed by atoms with Crippen molar-refractivity contribution in [2.45, 2.75) is 6.92 Å². The summed E-state index contributed by atoms with van der Waals surface area (Å²) in [6.45, 7) is 2.04. The number of nitrogens with zero attached hydrogens (tertiary/aromatic N) is 4. The van der Waals surface area contributed by atoms with Crippen molar-refractivity contribution in [3.8, 4) is 22.4 Å². The maximum Gasteiger partial charge on any atom is 0.274 e. The van der Waals surface area contributed by atoms with Gasteiger partial charge < -0.3 is 14.9 Å². The van der Waals surface area contributed by atoms with Crippen molar-refractivity contribution in [2.75, 3.05) is 5.32 Å². The molecule has 0 aliphatic rings. The molecule has 0 fully saturated rings. The van der Waals surface area contributed by atoms with E-state index in [4.69, 9.17) is 0 Å². The van der Waals surface area contributed by atoms with Crippen LogP contribution in [0.3, 0.4) is 0 Å². The largest absolute Gasteiger partial charge is 0.346 e. The summed E-state index contributed by atoms with van der Waals surface area (Å²) in [6, 6.07) is 9.90. The van der Waals surface area contributed by atoms with Crippen molar-refractivity contribution in [1.29, 1.82) is 0 Å². The van der Waals surface area contributed by atoms with Crippen LogP contribution in [0.5, 0.6) is 0 Å². The Labute approximate surface area is 182 Å². The van der Waals surface area contributed by atoms with Gasteiger partial charge in [-0.1, -0.05) is 29.8 Å². The van der Waals surface area contributed by atoms with Crippen LogP contribution in [0, 0.1) is 6.92 Å². The lowest BCUT2D eigenvalue weighted by Crippen LogP contribution is -2.17. The van der Waals surface area contributed by atoms with Gasteiger partial charge >= 0.3 is 0 Å². The summed E-state index contributed by atoms with van der Waals surface area (Å²) in [6.07, 6.45) is 6.80. The van der Waals surface area contributed by atoms with E-state index in [0.717, 1.165) is 22.4 Å². The predicted molar refractivity (Wildman–Crippen MR) is 122 cm³/mol. The maximum absolute atomic E-state index is 12.8. The van der Waals surface area contributed by atoms with Crippen molar-refractivity contribution in [1.82, 2.24) is 29.5 Å². The van der Waals surface area contributed by atoms with E-state index in [1.165, 1.54) is 16.3 Å². The number of nitrogens with one attached hydrogen (secondary N) is 3. The minimum Gasteiger partial charge on any atom is -0.346 e. The molecule has 9 nitrogen and oxygen atoms in total. The number of aromatic nitrogens is 6. The van der Waals surface area contributed by atoms with E-state index >= 15 is 0 Å². The lowest BCUT2D eigenvalue weighted by atomic mass is 10.00. The summed E-state index contributed by atoms with van der Waals surface area (Å²) >= 11 is 0. The summed E-state index contributed by atoms with van der Waals surface area (Å²) < 4.78 is 3.25. The number of anilines is 1. The summed E-state index contributed by atoms with van der Waals surface area (Å²) in [7, 11) is 3.55. The van der Waals surface area contributed by atoms with E-state index in [0.29, 0.717) is 16.6 Å². The second-order valence-corrected chi connectivity index (χ2v) is 7.80. The molecule has 0 radical (unpaired) electrons. The normalized spacial score (nSPS) is 11.2. The summed E-state index contributed by atoms with van der Waals surface area (Å²) in [5, 5.41) is 14.5. The van der Waals surface area contributed by atoms with E-state index < -0.39 is 0 Å². The van der Waals surface area contributed by atoms with Crippen molar-refractivity contribution in [2.24, 2.45) is 14.1 Å². The van der Waals surface area contributed by atoms with Gasteiger partial charge in [0.1, 0.15) is 16.9 Å². The number of aryl methyl sites for hydroxylation is 3. The highest BCUT2D eigenvalue weighted by Gasteiger charge is 2.20. The topological polar surface area (TPSA) is 113 Å². The first-order valence-electron chi connectivity index (χ1n) is 10.0. The Morgan fingerprint density at radius 1 is 1.09 bits per heavy atom. The van der Waals surface area contributed by atoms with Gasteiger partial charge in [0.05, 0.1) is 11.9 Å². The van der Waals surface area contributed by atoms with Crippen LogP contribution in [0.15, 0.2) is 59.9 Å². The second-order valence-electron chi connectivity index (χ2n) is 7.80. The molecule has 1 aromatic carbocycles. The van der Waals surface area contributed by atoms with Gasteiger partial charge in [-0.3, -0.25) is 19.4 Å². The molecule has 0 saturated heterocycles. The van der Waals surface area contributed by atoms with Crippen LogP contribution in [0.1, 0.15) is 16.1 Å². The molecule has 1 amide bonds. The Morgan fingerprint density at radius 3 is 2.59 bits per heavy atom. The monoisotopic (exact) mass is 427 g/mol. The fourth-order valence-corrected chi connectivity index (χ4v) is 3.79. The standard InChI is InChI=1S/C23H21N7O2/c1-13-4-6-14(7-5-13)17-12-30(3)28-20(17)18-11-29(2)23(32)21-16(18)8-19(27-21)22(31)26-15-9-24-25-10-15/h4-12,27H,1-3H3,(H,24,25)(H,26,31). The maximum atomic E-state index is 12.8. The molecular formula is C23H21N7O2. The molecule has 9 heteroatoms. The van der Waals surface area contributed by atoms with Gasteiger partial charge in [0.25, 0.3) is 11.5 Å². The van der Waals surface area contributed by atoms with Crippen LogP contribution in [-0.2, 0) is 14.1 Å². The van der Waals surface area contributed by atoms with Gasteiger partial charge in [-0.15, -0.1) is 0 Å². The number of H-pyrrole nitrogens is 2. The van der Waals surface area contributed by atoms with Crippen molar-refractivity contribution in [3.63, 3.8) is 0 Å². The molecule has 0 spiro atoms. The highest BCUT2D eigenvalue weighted by molar-refractivity contribution is 6.08. The average molecular weight is 427 g/mol. The van der Waals surface area contributed by atoms with Gasteiger partial charge in [0.2, 0.25) is 0 Å². The molecular weight excluding hydrogens is 406 g/mol. The van der Waals surface area contributed by atoms with Crippen LogP contribution in [0.4, 0.5) is 5.69 Å². The number of aromatic amines is 2. The number of fused-ring (bicyclic) bond motifs is 1. The minimum atomic E-state index is -0.365. The van der Waals surface area contributed by atoms with E-state index in [1.807, 2.05) is 20.2 Å². The zero-order valence-corrected chi connectivity index (χ0v) is 17.8. The van der Waals surface area contributed by atoms with Gasteiger partial charge in [0, 0.05) is 49.2 Å². The predicted octanol–water partition coefficient (Wildman–Crippen LogP) is 3.22. The molecule has 5 aromatic rings. The molecule has 32 heavy (non-hydrogen) atoms. The third-order valence-electron chi connectivity index (χ3n) is 5.41. The highest BCUT2D eigenvalue weighted by Crippen LogP contribution is 2.34. The first-order chi connectivity index (χ1) is 15.4. The molecule has 4 aromatic heterocycles. The van der Waals surface area contributed by atoms with Crippen LogP contribution in [0.25, 0.3) is 33.3 Å². The summed E-state index contributed by atoms with van der Waals surface area (Å²) in [5.74, 6) is -0.365. The average Bonchev–Trinajstić information content (AvgIpc) is 3.51. The second kappa shape index (κ2) is 7.38. The van der Waals surface area contributed by atoms with E-state index in [-0.39, 0.29) is 17.2 Å². The first kappa shape index (κ1) is 19.6. The zero-order chi connectivity index (χ0) is 22.4. The molecule has 5 rings (SSSR count). The number of amides is 1. The number of hydrogen-bond acceptors (Lipinski definition) is 4. The number of pyridine rings is 1. The Morgan fingerprint density at radius 2 is 1.88 bits per heavy atom. The molecule has 0 saturated carbocycles. The van der Waals surface area contributed by atoms with Gasteiger partial charge in [-0.25, -0.2) is 0 Å². The Bertz CT molecular complexity index is 1500. The molecule has 4 heterocycles. The lowest BCUT2D eigenvalue weighted by molar-refractivity contribution is 0.102. The molecule has 0 aliphatic carbocycles. The Kier molecular flexibility index (Phi) is 4.51. The summed E-state index contributed by atoms with van der Waals surface area (Å²) in [5.41, 5.74) is 5.57. The molecule has 0 atom stereocenters. The number of rotatable bonds is 4. The van der Waals surface area contributed by atoms with Crippen LogP contribution in [-0.4, -0.2) is 35.4 Å². The molecule has 0 aliphatic heterocycles. The zero-order valence-electron chi connectivity index (χ0n) is 17.8. The van der Waals surface area contributed by atoms with Gasteiger partial charge in [0.15, 0.2) is 0 Å². The molecule has 3 N–H and O–H groups in total. The van der Waals surface area contributed by atoms with Crippen LogP contribution in [0.2, 0.25) is 0 Å². The van der Waals surface area contributed by atoms with Crippen LogP contribution < -0.4 is 10.9 Å². The van der Waals surface area contributed by atoms with E-state index in [1.54, 1.807) is 30.2 Å². The van der Waals surface area contributed by atoms with Crippen LogP contribution >= 0.6 is 0 Å². The number of carbonyl (C=O) groups is 1. The van der Waals surface area contributed by atoms with Crippen molar-refractivity contribution >= 4 is 22.5 Å².